The monoisotopic (exact) mass is 444 g/mol. The molecule has 0 unspecified atom stereocenters. The first-order chi connectivity index (χ1) is 14.8. The van der Waals surface area contributed by atoms with E-state index in [1.807, 2.05) is 0 Å². The van der Waals surface area contributed by atoms with Gasteiger partial charge in [0, 0.05) is 29.2 Å². The summed E-state index contributed by atoms with van der Waals surface area (Å²) in [5.74, 6) is -1.86. The minimum atomic E-state index is -0.718. The van der Waals surface area contributed by atoms with Gasteiger partial charge in [-0.2, -0.15) is 0 Å². The number of carbonyl (C=O) groups excluding carboxylic acids is 4. The van der Waals surface area contributed by atoms with E-state index in [4.69, 9.17) is 21.1 Å². The molecule has 0 radical (unpaired) electrons. The van der Waals surface area contributed by atoms with E-state index < -0.39 is 24.4 Å². The van der Waals surface area contributed by atoms with Crippen LogP contribution >= 0.6 is 11.6 Å². The maximum Gasteiger partial charge on any atom is 0.311 e. The fourth-order valence-electron chi connectivity index (χ4n) is 3.24. The standard InChI is InChI=1S/C22H21ClN2O6/c1-13(26)14-4-3-5-17(8-14)24-20(27)12-31-22(29)15-9-21(28)25(11-15)18-10-16(23)6-7-19(18)30-2/h3-8,10,15H,9,11-12H2,1-2H3,(H,24,27)/t15-/m1/s1. The van der Waals surface area contributed by atoms with Crippen LogP contribution in [0.5, 0.6) is 5.75 Å². The zero-order chi connectivity index (χ0) is 22.5. The summed E-state index contributed by atoms with van der Waals surface area (Å²) in [6.07, 6.45) is -0.0449. The molecule has 1 atom stereocenters. The van der Waals surface area contributed by atoms with Crippen molar-refractivity contribution < 1.29 is 28.7 Å². The molecule has 1 aliphatic heterocycles. The van der Waals surface area contributed by atoms with Crippen LogP contribution in [0.4, 0.5) is 11.4 Å². The van der Waals surface area contributed by atoms with E-state index in [0.717, 1.165) is 0 Å². The lowest BCUT2D eigenvalue weighted by molar-refractivity contribution is -0.151. The number of nitrogens with one attached hydrogen (secondary N) is 1. The van der Waals surface area contributed by atoms with E-state index in [0.29, 0.717) is 27.7 Å². The van der Waals surface area contributed by atoms with Crippen molar-refractivity contribution in [1.82, 2.24) is 0 Å². The van der Waals surface area contributed by atoms with E-state index >= 15 is 0 Å². The maximum absolute atomic E-state index is 12.4. The van der Waals surface area contributed by atoms with Crippen LogP contribution in [-0.4, -0.2) is 43.8 Å². The smallest absolute Gasteiger partial charge is 0.311 e. The summed E-state index contributed by atoms with van der Waals surface area (Å²) in [4.78, 5) is 49.8. The number of amides is 2. The van der Waals surface area contributed by atoms with E-state index in [9.17, 15) is 19.2 Å². The number of hydrogen-bond acceptors (Lipinski definition) is 6. The second-order valence-corrected chi connectivity index (χ2v) is 7.45. The lowest BCUT2D eigenvalue weighted by Crippen LogP contribution is -2.28. The summed E-state index contributed by atoms with van der Waals surface area (Å²) >= 11 is 6.03. The molecule has 0 bridgehead atoms. The highest BCUT2D eigenvalue weighted by Crippen LogP contribution is 2.35. The number of rotatable bonds is 7. The number of ketones is 1. The van der Waals surface area contributed by atoms with Gasteiger partial charge >= 0.3 is 5.97 Å². The van der Waals surface area contributed by atoms with Crippen molar-refractivity contribution in [2.75, 3.05) is 30.5 Å². The number of carbonyl (C=O) groups is 4. The summed E-state index contributed by atoms with van der Waals surface area (Å²) in [6, 6.07) is 11.3. The molecule has 1 aliphatic rings. The van der Waals surface area contributed by atoms with E-state index in [1.54, 1.807) is 36.4 Å². The third kappa shape index (κ3) is 5.40. The molecular formula is C22H21ClN2O6. The summed E-state index contributed by atoms with van der Waals surface area (Å²) < 4.78 is 10.4. The Bertz CT molecular complexity index is 1040. The van der Waals surface area contributed by atoms with Crippen LogP contribution < -0.4 is 15.0 Å². The molecular weight excluding hydrogens is 424 g/mol. The van der Waals surface area contributed by atoms with Gasteiger partial charge in [-0.1, -0.05) is 23.7 Å². The minimum absolute atomic E-state index is 0.0449. The topological polar surface area (TPSA) is 102 Å². The van der Waals surface area contributed by atoms with Gasteiger partial charge in [-0.3, -0.25) is 19.2 Å². The Morgan fingerprint density at radius 1 is 1.19 bits per heavy atom. The number of esters is 1. The van der Waals surface area contributed by atoms with Gasteiger partial charge in [0.05, 0.1) is 18.7 Å². The van der Waals surface area contributed by atoms with Gasteiger partial charge in [-0.15, -0.1) is 0 Å². The highest BCUT2D eigenvalue weighted by atomic mass is 35.5. The Balaban J connectivity index is 1.57. The van der Waals surface area contributed by atoms with Gasteiger partial charge in [0.25, 0.3) is 5.91 Å². The van der Waals surface area contributed by atoms with Crippen molar-refractivity contribution in [2.24, 2.45) is 5.92 Å². The van der Waals surface area contributed by atoms with Crippen molar-refractivity contribution in [3.63, 3.8) is 0 Å². The summed E-state index contributed by atoms with van der Waals surface area (Å²) in [5.41, 5.74) is 1.35. The molecule has 2 aromatic rings. The maximum atomic E-state index is 12.4. The third-order valence-electron chi connectivity index (χ3n) is 4.79. The van der Waals surface area contributed by atoms with Crippen LogP contribution in [-0.2, 0) is 19.1 Å². The first-order valence-corrected chi connectivity index (χ1v) is 9.87. The molecule has 0 spiro atoms. The number of methoxy groups -OCH3 is 1. The van der Waals surface area contributed by atoms with Crippen LogP contribution in [0, 0.1) is 5.92 Å². The molecule has 0 aromatic heterocycles. The first-order valence-electron chi connectivity index (χ1n) is 9.50. The van der Waals surface area contributed by atoms with Crippen LogP contribution in [0.25, 0.3) is 0 Å². The predicted octanol–water partition coefficient (Wildman–Crippen LogP) is 3.09. The quantitative estimate of drug-likeness (QED) is 0.520. The zero-order valence-electron chi connectivity index (χ0n) is 17.0. The van der Waals surface area contributed by atoms with Crippen molar-refractivity contribution in [3.8, 4) is 5.75 Å². The molecule has 1 fully saturated rings. The van der Waals surface area contributed by atoms with Gasteiger partial charge in [-0.25, -0.2) is 0 Å². The molecule has 2 aromatic carbocycles. The Morgan fingerprint density at radius 2 is 1.97 bits per heavy atom. The minimum Gasteiger partial charge on any atom is -0.495 e. The Morgan fingerprint density at radius 3 is 2.68 bits per heavy atom. The van der Waals surface area contributed by atoms with E-state index in [2.05, 4.69) is 5.32 Å². The normalized spacial score (nSPS) is 15.5. The van der Waals surface area contributed by atoms with Gasteiger partial charge in [0.1, 0.15) is 5.75 Å². The van der Waals surface area contributed by atoms with Crippen molar-refractivity contribution in [2.45, 2.75) is 13.3 Å². The number of Topliss-reactive ketones (excluding diaryl/α,β-unsaturated/α-hetero) is 1. The fourth-order valence-corrected chi connectivity index (χ4v) is 3.41. The predicted molar refractivity (Wildman–Crippen MR) is 114 cm³/mol. The molecule has 8 nitrogen and oxygen atoms in total. The lowest BCUT2D eigenvalue weighted by atomic mass is 10.1. The average molecular weight is 445 g/mol. The van der Waals surface area contributed by atoms with Crippen molar-refractivity contribution in [3.05, 3.63) is 53.1 Å². The van der Waals surface area contributed by atoms with Gasteiger partial charge in [0.2, 0.25) is 5.91 Å². The van der Waals surface area contributed by atoms with Gasteiger partial charge in [-0.05, 0) is 37.3 Å². The number of anilines is 2. The lowest BCUT2D eigenvalue weighted by Gasteiger charge is -2.19. The first kappa shape index (κ1) is 22.3. The number of halogens is 1. The van der Waals surface area contributed by atoms with E-state index in [1.165, 1.54) is 25.0 Å². The summed E-state index contributed by atoms with van der Waals surface area (Å²) in [6.45, 7) is 1.01. The highest BCUT2D eigenvalue weighted by Gasteiger charge is 2.37. The highest BCUT2D eigenvalue weighted by molar-refractivity contribution is 6.31. The van der Waals surface area contributed by atoms with Crippen molar-refractivity contribution in [1.29, 1.82) is 0 Å². The number of ether oxygens (including phenoxy) is 2. The van der Waals surface area contributed by atoms with Crippen LogP contribution in [0.15, 0.2) is 42.5 Å². The van der Waals surface area contributed by atoms with E-state index in [-0.39, 0.29) is 24.7 Å². The Hall–Kier alpha value is -3.39. The largest absolute Gasteiger partial charge is 0.495 e. The number of nitrogens with zero attached hydrogens (tertiary/aromatic N) is 1. The molecule has 9 heteroatoms. The van der Waals surface area contributed by atoms with Crippen LogP contribution in [0.1, 0.15) is 23.7 Å². The number of benzene rings is 2. The van der Waals surface area contributed by atoms with Crippen LogP contribution in [0.3, 0.4) is 0 Å². The summed E-state index contributed by atoms with van der Waals surface area (Å²) in [7, 11) is 1.48. The summed E-state index contributed by atoms with van der Waals surface area (Å²) in [5, 5.41) is 3.00. The second kappa shape index (κ2) is 9.61. The molecule has 0 saturated carbocycles. The Kier molecular flexibility index (Phi) is 6.91. The van der Waals surface area contributed by atoms with Crippen LogP contribution in [0.2, 0.25) is 5.02 Å². The number of hydrogen-bond donors (Lipinski definition) is 1. The molecule has 2 amide bonds. The van der Waals surface area contributed by atoms with Crippen molar-refractivity contribution >= 4 is 46.5 Å². The molecule has 0 aliphatic carbocycles. The average Bonchev–Trinajstić information content (AvgIpc) is 3.13. The molecule has 3 rings (SSSR count). The second-order valence-electron chi connectivity index (χ2n) is 7.01. The molecule has 1 N–H and O–H groups in total. The zero-order valence-corrected chi connectivity index (χ0v) is 17.8. The third-order valence-corrected chi connectivity index (χ3v) is 5.02. The molecule has 1 saturated heterocycles. The molecule has 162 valence electrons. The molecule has 1 heterocycles. The van der Waals surface area contributed by atoms with Gasteiger partial charge in [0.15, 0.2) is 12.4 Å². The van der Waals surface area contributed by atoms with Gasteiger partial charge < -0.3 is 19.7 Å². The SMILES string of the molecule is COc1ccc(Cl)cc1N1C[C@H](C(=O)OCC(=O)Nc2cccc(C(C)=O)c2)CC1=O. The fraction of sp³-hybridized carbons (Fsp3) is 0.273. The molecule has 31 heavy (non-hydrogen) atoms. The Labute approximate surface area is 184 Å².